The summed E-state index contributed by atoms with van der Waals surface area (Å²) >= 11 is 0. The Morgan fingerprint density at radius 2 is 2.00 bits per heavy atom. The van der Waals surface area contributed by atoms with Gasteiger partial charge in [-0.15, -0.1) is 0 Å². The van der Waals surface area contributed by atoms with E-state index in [0.717, 1.165) is 24.3 Å². The lowest BCUT2D eigenvalue weighted by atomic mass is 9.97. The van der Waals surface area contributed by atoms with Crippen LogP contribution < -0.4 is 15.1 Å². The monoisotopic (exact) mass is 553 g/mol. The highest BCUT2D eigenvalue weighted by atomic mass is 19.1. The first-order valence-electron chi connectivity index (χ1n) is 14.4. The molecule has 4 aliphatic rings. The molecular formula is C29H37F2N7O2. The first-order chi connectivity index (χ1) is 19.3. The highest BCUT2D eigenvalue weighted by Crippen LogP contribution is 2.41. The predicted octanol–water partition coefficient (Wildman–Crippen LogP) is 3.13. The van der Waals surface area contributed by atoms with Gasteiger partial charge in [0.1, 0.15) is 24.0 Å². The molecule has 0 radical (unpaired) electrons. The largest absolute Gasteiger partial charge is 0.348 e. The van der Waals surface area contributed by atoms with Crippen LogP contribution >= 0.6 is 0 Å². The highest BCUT2D eigenvalue weighted by Gasteiger charge is 2.51. The lowest BCUT2D eigenvalue weighted by molar-refractivity contribution is -0.134. The molecule has 3 fully saturated rings. The van der Waals surface area contributed by atoms with Gasteiger partial charge in [0, 0.05) is 56.8 Å². The van der Waals surface area contributed by atoms with Crippen molar-refractivity contribution in [3.8, 4) is 0 Å². The Kier molecular flexibility index (Phi) is 7.10. The van der Waals surface area contributed by atoms with Crippen molar-refractivity contribution in [1.29, 1.82) is 0 Å². The summed E-state index contributed by atoms with van der Waals surface area (Å²) in [4.78, 5) is 43.5. The van der Waals surface area contributed by atoms with Gasteiger partial charge in [0.2, 0.25) is 5.91 Å². The van der Waals surface area contributed by atoms with E-state index >= 15 is 0 Å². The summed E-state index contributed by atoms with van der Waals surface area (Å²) in [6.07, 6.45) is 4.36. The first-order valence-corrected chi connectivity index (χ1v) is 14.4. The van der Waals surface area contributed by atoms with Crippen LogP contribution in [-0.2, 0) is 4.79 Å². The van der Waals surface area contributed by atoms with Gasteiger partial charge in [-0.3, -0.25) is 9.59 Å². The Morgan fingerprint density at radius 3 is 2.73 bits per heavy atom. The number of aromatic nitrogens is 2. The normalized spacial score (nSPS) is 27.4. The van der Waals surface area contributed by atoms with E-state index in [9.17, 15) is 18.4 Å². The van der Waals surface area contributed by atoms with Crippen LogP contribution in [0.5, 0.6) is 0 Å². The van der Waals surface area contributed by atoms with E-state index in [1.54, 1.807) is 17.2 Å². The summed E-state index contributed by atoms with van der Waals surface area (Å²) in [5.41, 5.74) is 1.66. The van der Waals surface area contributed by atoms with Crippen molar-refractivity contribution in [2.75, 3.05) is 42.5 Å². The summed E-state index contributed by atoms with van der Waals surface area (Å²) in [7, 11) is 0. The summed E-state index contributed by atoms with van der Waals surface area (Å²) in [5.74, 6) is -0.182. The van der Waals surface area contributed by atoms with Crippen molar-refractivity contribution in [3.63, 3.8) is 0 Å². The maximum absolute atomic E-state index is 14.4. The number of amides is 2. The number of rotatable bonds is 6. The van der Waals surface area contributed by atoms with Crippen molar-refractivity contribution in [2.24, 2.45) is 5.92 Å². The minimum atomic E-state index is -0.900. The standard InChI is InChI=1S/C29H37F2N7O2/c1-4-36(17(2)3)28(39)22-11-18(30)5-6-24(22)38-10-9-37(27-25(38)14-32-16-33-27)20-7-8-35(15-20)29(40)26-21-12-19(34-26)13-23(21)31/h5-6,11,14,16-17,19-21,23,26,34H,4,7-10,12-13,15H2,1-3H3/t19?,20-,21?,23+,26-/m0/s1. The Bertz CT molecular complexity index is 1290. The number of anilines is 3. The van der Waals surface area contributed by atoms with E-state index in [2.05, 4.69) is 20.2 Å². The fourth-order valence-corrected chi connectivity index (χ4v) is 7.11. The molecule has 1 aromatic heterocycles. The minimum absolute atomic E-state index is 0.000931. The second-order valence-corrected chi connectivity index (χ2v) is 11.6. The number of hydrogen-bond donors (Lipinski definition) is 1. The first kappa shape index (κ1) is 26.9. The molecule has 11 heteroatoms. The van der Waals surface area contributed by atoms with Gasteiger partial charge in [0.25, 0.3) is 5.91 Å². The highest BCUT2D eigenvalue weighted by molar-refractivity contribution is 6.01. The molecule has 2 aromatic rings. The van der Waals surface area contributed by atoms with E-state index in [4.69, 9.17) is 0 Å². The van der Waals surface area contributed by atoms with Crippen LogP contribution in [0.1, 0.15) is 50.4 Å². The molecule has 2 bridgehead atoms. The third-order valence-corrected chi connectivity index (χ3v) is 9.06. The summed E-state index contributed by atoms with van der Waals surface area (Å²) in [6.45, 7) is 8.65. The van der Waals surface area contributed by atoms with Crippen molar-refractivity contribution in [3.05, 3.63) is 42.1 Å². The maximum Gasteiger partial charge on any atom is 0.256 e. The van der Waals surface area contributed by atoms with Gasteiger partial charge >= 0.3 is 0 Å². The zero-order chi connectivity index (χ0) is 28.1. The minimum Gasteiger partial charge on any atom is -0.348 e. The van der Waals surface area contributed by atoms with E-state index in [1.807, 2.05) is 30.6 Å². The van der Waals surface area contributed by atoms with Crippen LogP contribution in [0.2, 0.25) is 0 Å². The number of halogens is 2. The quantitative estimate of drug-likeness (QED) is 0.589. The topological polar surface area (TPSA) is 84.9 Å². The van der Waals surface area contributed by atoms with Crippen LogP contribution in [0.3, 0.4) is 0 Å². The van der Waals surface area contributed by atoms with Crippen molar-refractivity contribution in [1.82, 2.24) is 25.1 Å². The predicted molar refractivity (Wildman–Crippen MR) is 148 cm³/mol. The third kappa shape index (κ3) is 4.57. The lowest BCUT2D eigenvalue weighted by Crippen LogP contribution is -2.52. The fourth-order valence-electron chi connectivity index (χ4n) is 7.11. The van der Waals surface area contributed by atoms with E-state index in [0.29, 0.717) is 50.4 Å². The molecule has 1 N–H and O–H groups in total. The number of fused-ring (bicyclic) bond motifs is 3. The molecule has 2 saturated heterocycles. The van der Waals surface area contributed by atoms with Crippen molar-refractivity contribution in [2.45, 2.75) is 70.4 Å². The number of piperidine rings is 1. The molecule has 0 spiro atoms. The van der Waals surface area contributed by atoms with Gasteiger partial charge < -0.3 is 24.9 Å². The molecule has 1 aliphatic carbocycles. The summed E-state index contributed by atoms with van der Waals surface area (Å²) < 4.78 is 28.8. The zero-order valence-electron chi connectivity index (χ0n) is 23.3. The number of likely N-dealkylation sites (tertiary alicyclic amines) is 1. The second kappa shape index (κ2) is 10.6. The molecule has 2 amide bonds. The number of benzene rings is 1. The van der Waals surface area contributed by atoms with Crippen LogP contribution in [0.4, 0.5) is 26.0 Å². The van der Waals surface area contributed by atoms with Crippen molar-refractivity contribution >= 4 is 29.0 Å². The average Bonchev–Trinajstić information content (AvgIpc) is 3.68. The number of nitrogens with one attached hydrogen (secondary N) is 1. The molecule has 5 atom stereocenters. The fraction of sp³-hybridized carbons (Fsp3) is 0.586. The Hall–Kier alpha value is -3.34. The van der Waals surface area contributed by atoms with Gasteiger partial charge in [0.15, 0.2) is 5.82 Å². The number of carbonyl (C=O) groups is 2. The SMILES string of the molecule is CCN(C(=O)c1cc(F)ccc1N1CCN([C@H]2CCN(C(=O)[C@H]3NC4CC3[C@H](F)C4)C2)c2ncncc21)C(C)C. The Morgan fingerprint density at radius 1 is 1.18 bits per heavy atom. The molecular weight excluding hydrogens is 516 g/mol. The third-order valence-electron chi connectivity index (χ3n) is 9.06. The second-order valence-electron chi connectivity index (χ2n) is 11.6. The summed E-state index contributed by atoms with van der Waals surface area (Å²) in [6, 6.07) is 4.05. The van der Waals surface area contributed by atoms with Gasteiger partial charge in [-0.1, -0.05) is 0 Å². The van der Waals surface area contributed by atoms with E-state index in [1.165, 1.54) is 18.5 Å². The Labute approximate surface area is 233 Å². The van der Waals surface area contributed by atoms with E-state index in [-0.39, 0.29) is 35.9 Å². The van der Waals surface area contributed by atoms with Gasteiger partial charge in [-0.2, -0.15) is 0 Å². The van der Waals surface area contributed by atoms with Crippen molar-refractivity contribution < 1.29 is 18.4 Å². The molecule has 3 aliphatic heterocycles. The number of alkyl halides is 1. The average molecular weight is 554 g/mol. The molecule has 6 rings (SSSR count). The van der Waals surface area contributed by atoms with Crippen LogP contribution in [0.25, 0.3) is 0 Å². The molecule has 1 saturated carbocycles. The maximum atomic E-state index is 14.4. The molecule has 9 nitrogen and oxygen atoms in total. The summed E-state index contributed by atoms with van der Waals surface area (Å²) in [5, 5.41) is 3.34. The van der Waals surface area contributed by atoms with Crippen LogP contribution in [-0.4, -0.2) is 94.6 Å². The smallest absolute Gasteiger partial charge is 0.256 e. The van der Waals surface area contributed by atoms with Gasteiger partial charge in [-0.25, -0.2) is 18.7 Å². The van der Waals surface area contributed by atoms with Crippen LogP contribution in [0, 0.1) is 11.7 Å². The van der Waals surface area contributed by atoms with Crippen LogP contribution in [0.15, 0.2) is 30.7 Å². The van der Waals surface area contributed by atoms with Gasteiger partial charge in [-0.05, 0) is 58.2 Å². The molecule has 4 heterocycles. The zero-order valence-corrected chi connectivity index (χ0v) is 23.3. The molecule has 1 aromatic carbocycles. The lowest BCUT2D eigenvalue weighted by Gasteiger charge is -2.41. The van der Waals surface area contributed by atoms with Gasteiger partial charge in [0.05, 0.1) is 23.5 Å². The molecule has 2 unspecified atom stereocenters. The molecule has 214 valence electrons. The number of hydrogen-bond acceptors (Lipinski definition) is 7. The Balaban J connectivity index is 1.24. The van der Waals surface area contributed by atoms with E-state index < -0.39 is 18.0 Å². The number of nitrogens with zero attached hydrogens (tertiary/aromatic N) is 6. The molecule has 40 heavy (non-hydrogen) atoms. The number of carbonyl (C=O) groups excluding carboxylic acids is 2.